The van der Waals surface area contributed by atoms with Crippen LogP contribution in [0.5, 0.6) is 0 Å². The van der Waals surface area contributed by atoms with Gasteiger partial charge < -0.3 is 34.3 Å². The van der Waals surface area contributed by atoms with E-state index in [2.05, 4.69) is 0 Å². The Bertz CT molecular complexity index is 812. The van der Waals surface area contributed by atoms with Crippen LogP contribution in [0.4, 0.5) is 0 Å². The number of carbonyl (C=O) groups is 6. The van der Waals surface area contributed by atoms with E-state index < -0.39 is 72.7 Å². The molecule has 0 heterocycles. The van der Waals surface area contributed by atoms with Crippen molar-refractivity contribution in [3.05, 3.63) is 0 Å². The van der Waals surface area contributed by atoms with Crippen LogP contribution in [0.2, 0.25) is 0 Å². The van der Waals surface area contributed by atoms with Crippen LogP contribution in [0.15, 0.2) is 0 Å². The van der Waals surface area contributed by atoms with Crippen molar-refractivity contribution in [2.24, 2.45) is 0 Å². The van der Waals surface area contributed by atoms with Crippen LogP contribution in [0.1, 0.15) is 104 Å². The van der Waals surface area contributed by atoms with E-state index in [4.69, 9.17) is 24.1 Å². The van der Waals surface area contributed by atoms with E-state index in [-0.39, 0.29) is 19.8 Å². The zero-order valence-corrected chi connectivity index (χ0v) is 23.7. The van der Waals surface area contributed by atoms with Crippen molar-refractivity contribution in [3.63, 3.8) is 0 Å². The smallest absolute Gasteiger partial charge is 0.351 e. The number of hydrogen-bond acceptors (Lipinski definition) is 11. The Hall–Kier alpha value is -3.22. The molecule has 0 aromatic rings. The second kappa shape index (κ2) is 19.8. The molecule has 3 N–H and O–H groups in total. The van der Waals surface area contributed by atoms with Crippen LogP contribution in [0.3, 0.4) is 0 Å². The Morgan fingerprint density at radius 1 is 0.575 bits per heavy atom. The molecule has 0 aliphatic heterocycles. The van der Waals surface area contributed by atoms with E-state index in [9.17, 15) is 39.0 Å². The van der Waals surface area contributed by atoms with Crippen LogP contribution in [0.25, 0.3) is 0 Å². The molecular weight excluding hydrogens is 532 g/mol. The van der Waals surface area contributed by atoms with Crippen LogP contribution < -0.4 is 0 Å². The van der Waals surface area contributed by atoms with E-state index in [1.54, 1.807) is 0 Å². The molecule has 0 saturated carbocycles. The van der Waals surface area contributed by atoms with Crippen molar-refractivity contribution in [3.8, 4) is 0 Å². The topological polar surface area (TPSA) is 200 Å². The fourth-order valence-electron chi connectivity index (χ4n) is 3.57. The first-order chi connectivity index (χ1) is 18.9. The Morgan fingerprint density at radius 3 is 1.38 bits per heavy atom. The molecule has 0 radical (unpaired) electrons. The summed E-state index contributed by atoms with van der Waals surface area (Å²) in [6.07, 6.45) is 1.52. The lowest BCUT2D eigenvalue weighted by molar-refractivity contribution is -0.195. The SMILES string of the molecule is CCCCCOC(=O)CC(CC(=O)OCCCCC)(OC(=O)CC(O)(CC(=O)O)C(=O)O)C(=O)OCCCCC. The van der Waals surface area contributed by atoms with Crippen molar-refractivity contribution in [2.75, 3.05) is 19.8 Å². The fourth-order valence-corrected chi connectivity index (χ4v) is 3.57. The average molecular weight is 577 g/mol. The highest BCUT2D eigenvalue weighted by molar-refractivity contribution is 5.94. The Morgan fingerprint density at radius 2 is 1.00 bits per heavy atom. The highest BCUT2D eigenvalue weighted by atomic mass is 16.6. The van der Waals surface area contributed by atoms with E-state index >= 15 is 0 Å². The van der Waals surface area contributed by atoms with E-state index in [1.165, 1.54) is 0 Å². The highest BCUT2D eigenvalue weighted by Crippen LogP contribution is 2.28. The lowest BCUT2D eigenvalue weighted by Crippen LogP contribution is -2.50. The summed E-state index contributed by atoms with van der Waals surface area (Å²) in [5.74, 6) is -8.53. The summed E-state index contributed by atoms with van der Waals surface area (Å²) in [5, 5.41) is 28.6. The number of carbonyl (C=O) groups excluding carboxylic acids is 4. The zero-order valence-electron chi connectivity index (χ0n) is 23.7. The van der Waals surface area contributed by atoms with Crippen molar-refractivity contribution >= 4 is 35.8 Å². The number of carboxylic acid groups (broad SMARTS) is 2. The van der Waals surface area contributed by atoms with Crippen molar-refractivity contribution in [1.82, 2.24) is 0 Å². The van der Waals surface area contributed by atoms with Gasteiger partial charge in [-0.15, -0.1) is 0 Å². The lowest BCUT2D eigenvalue weighted by atomic mass is 9.93. The van der Waals surface area contributed by atoms with Gasteiger partial charge in [-0.1, -0.05) is 59.3 Å². The molecule has 13 nitrogen and oxygen atoms in total. The van der Waals surface area contributed by atoms with Gasteiger partial charge in [0.15, 0.2) is 5.60 Å². The maximum Gasteiger partial charge on any atom is 0.351 e. The largest absolute Gasteiger partial charge is 0.481 e. The molecule has 0 amide bonds. The van der Waals surface area contributed by atoms with Crippen molar-refractivity contribution < 1.29 is 63.0 Å². The summed E-state index contributed by atoms with van der Waals surface area (Å²) in [7, 11) is 0. The van der Waals surface area contributed by atoms with Crippen molar-refractivity contribution in [2.45, 2.75) is 115 Å². The minimum absolute atomic E-state index is 0.00108. The van der Waals surface area contributed by atoms with Crippen LogP contribution in [-0.2, 0) is 47.7 Å². The normalized spacial score (nSPS) is 12.6. The minimum Gasteiger partial charge on any atom is -0.481 e. The van der Waals surface area contributed by atoms with Gasteiger partial charge in [-0.25, -0.2) is 9.59 Å². The van der Waals surface area contributed by atoms with Gasteiger partial charge in [0.05, 0.1) is 45.5 Å². The van der Waals surface area contributed by atoms with Gasteiger partial charge in [0.2, 0.25) is 5.60 Å². The molecule has 0 aromatic carbocycles. The summed E-state index contributed by atoms with van der Waals surface area (Å²) < 4.78 is 20.8. The molecular formula is C27H44O13. The summed E-state index contributed by atoms with van der Waals surface area (Å²) >= 11 is 0. The maximum atomic E-state index is 13.3. The summed E-state index contributed by atoms with van der Waals surface area (Å²) in [5.41, 5.74) is -5.68. The monoisotopic (exact) mass is 576 g/mol. The van der Waals surface area contributed by atoms with Gasteiger partial charge in [-0.3, -0.25) is 19.2 Å². The van der Waals surface area contributed by atoms with Crippen LogP contribution >= 0.6 is 0 Å². The first-order valence-electron chi connectivity index (χ1n) is 13.7. The van der Waals surface area contributed by atoms with Gasteiger partial charge in [-0.2, -0.15) is 0 Å². The Balaban J connectivity index is 6.18. The molecule has 40 heavy (non-hydrogen) atoms. The van der Waals surface area contributed by atoms with Gasteiger partial charge in [0.25, 0.3) is 0 Å². The number of aliphatic carboxylic acids is 2. The van der Waals surface area contributed by atoms with E-state index in [1.807, 2.05) is 20.8 Å². The van der Waals surface area contributed by atoms with Gasteiger partial charge in [0, 0.05) is 0 Å². The fraction of sp³-hybridized carbons (Fsp3) is 0.778. The van der Waals surface area contributed by atoms with Crippen molar-refractivity contribution in [1.29, 1.82) is 0 Å². The molecule has 0 aliphatic rings. The molecule has 13 heteroatoms. The predicted molar refractivity (Wildman–Crippen MR) is 139 cm³/mol. The van der Waals surface area contributed by atoms with E-state index in [0.29, 0.717) is 25.7 Å². The van der Waals surface area contributed by atoms with Gasteiger partial charge in [-0.05, 0) is 19.3 Å². The molecule has 1 atom stereocenters. The first kappa shape index (κ1) is 36.8. The number of hydrogen-bond donors (Lipinski definition) is 3. The number of unbranched alkanes of at least 4 members (excludes halogenated alkanes) is 6. The number of rotatable bonds is 23. The number of carboxylic acids is 2. The molecule has 0 fully saturated rings. The first-order valence-corrected chi connectivity index (χ1v) is 13.7. The molecule has 0 saturated heterocycles. The average Bonchev–Trinajstić information content (AvgIpc) is 2.86. The summed E-state index contributed by atoms with van der Waals surface area (Å²) in [6.45, 7) is 5.67. The predicted octanol–water partition coefficient (Wildman–Crippen LogP) is 2.93. The molecule has 0 aliphatic carbocycles. The van der Waals surface area contributed by atoms with E-state index in [0.717, 1.165) is 32.1 Å². The lowest BCUT2D eigenvalue weighted by Gasteiger charge is -2.31. The molecule has 1 unspecified atom stereocenters. The Kier molecular flexibility index (Phi) is 18.2. The Labute approximate surface area is 234 Å². The molecule has 0 aromatic heterocycles. The molecule has 0 spiro atoms. The molecule has 0 bridgehead atoms. The number of ether oxygens (including phenoxy) is 4. The van der Waals surface area contributed by atoms with Crippen LogP contribution in [-0.4, -0.2) is 82.2 Å². The zero-order chi connectivity index (χ0) is 30.6. The quantitative estimate of drug-likeness (QED) is 0.0911. The third-order valence-corrected chi connectivity index (χ3v) is 5.82. The second-order valence-electron chi connectivity index (χ2n) is 9.60. The van der Waals surface area contributed by atoms with Crippen LogP contribution in [0, 0.1) is 0 Å². The second-order valence-corrected chi connectivity index (χ2v) is 9.60. The number of esters is 4. The minimum atomic E-state index is -3.08. The third-order valence-electron chi connectivity index (χ3n) is 5.82. The third kappa shape index (κ3) is 14.8. The summed E-state index contributed by atoms with van der Waals surface area (Å²) in [4.78, 5) is 74.2. The molecule has 230 valence electrons. The van der Waals surface area contributed by atoms with Gasteiger partial charge in [0.1, 0.15) is 0 Å². The maximum absolute atomic E-state index is 13.3. The summed E-state index contributed by atoms with van der Waals surface area (Å²) in [6, 6.07) is 0. The number of aliphatic hydroxyl groups is 1. The molecule has 0 rings (SSSR count). The highest BCUT2D eigenvalue weighted by Gasteiger charge is 2.51. The van der Waals surface area contributed by atoms with Gasteiger partial charge >= 0.3 is 35.8 Å². The standard InChI is InChI=1S/C27H44O13/c1-4-7-10-13-37-21(30)18-27(25(35)39-15-12-9-6-3,19-22(31)38-14-11-8-5-2)40-23(32)17-26(36,24(33)34)16-20(28)29/h36H,4-19H2,1-3H3,(H,28,29)(H,33,34).